The van der Waals surface area contributed by atoms with Crippen molar-refractivity contribution in [3.05, 3.63) is 10.6 Å². The number of hydrogen-bond acceptors (Lipinski definition) is 5. The lowest BCUT2D eigenvalue weighted by molar-refractivity contribution is -0.147. The Hall–Kier alpha value is -0.370. The van der Waals surface area contributed by atoms with Crippen LogP contribution in [0.3, 0.4) is 0 Å². The summed E-state index contributed by atoms with van der Waals surface area (Å²) in [6.45, 7) is 1.96. The molecule has 2 heterocycles. The smallest absolute Gasteiger partial charge is 0.353 e. The Kier molecular flexibility index (Phi) is 4.77. The third kappa shape index (κ3) is 2.29. The monoisotopic (exact) mass is 296 g/mol. The first kappa shape index (κ1) is 14.7. The van der Waals surface area contributed by atoms with E-state index in [1.165, 1.54) is 28.4 Å². The van der Waals surface area contributed by atoms with Crippen LogP contribution >= 0.6 is 35.9 Å². The topological polar surface area (TPSA) is 83.6 Å². The van der Waals surface area contributed by atoms with Gasteiger partial charge in [0.1, 0.15) is 17.1 Å². The predicted octanol–water partition coefficient (Wildman–Crippen LogP) is 0.700. The van der Waals surface area contributed by atoms with Crippen LogP contribution in [0.5, 0.6) is 0 Å². The van der Waals surface area contributed by atoms with Gasteiger partial charge in [-0.3, -0.25) is 9.69 Å². The summed E-state index contributed by atoms with van der Waals surface area (Å²) in [4.78, 5) is 24.8. The molecule has 0 spiro atoms. The van der Waals surface area contributed by atoms with Gasteiger partial charge in [-0.25, -0.2) is 4.79 Å². The van der Waals surface area contributed by atoms with Crippen LogP contribution in [0, 0.1) is 0 Å². The molecule has 0 aromatic carbocycles. The second-order valence-electron chi connectivity index (χ2n) is 3.45. The minimum Gasteiger partial charge on any atom is -0.477 e. The molecule has 96 valence electrons. The van der Waals surface area contributed by atoms with E-state index >= 15 is 0 Å². The van der Waals surface area contributed by atoms with Crippen molar-refractivity contribution in [3.8, 4) is 0 Å². The molecule has 2 aliphatic heterocycles. The van der Waals surface area contributed by atoms with E-state index in [-0.39, 0.29) is 29.4 Å². The van der Waals surface area contributed by atoms with Gasteiger partial charge >= 0.3 is 5.97 Å². The van der Waals surface area contributed by atoms with E-state index in [1.54, 1.807) is 0 Å². The molecule has 1 fully saturated rings. The summed E-state index contributed by atoms with van der Waals surface area (Å²) in [6.07, 6.45) is 0. The average Bonchev–Trinajstić information content (AvgIpc) is 2.27. The molecular formula is C9H13ClN2O3S2. The first-order chi connectivity index (χ1) is 7.57. The zero-order valence-corrected chi connectivity index (χ0v) is 11.5. The third-order valence-corrected chi connectivity index (χ3v) is 4.95. The van der Waals surface area contributed by atoms with Gasteiger partial charge in [0.25, 0.3) is 0 Å². The Labute approximate surface area is 114 Å². The maximum absolute atomic E-state index is 11.5. The fourth-order valence-electron chi connectivity index (χ4n) is 1.77. The number of rotatable bonds is 3. The van der Waals surface area contributed by atoms with Crippen molar-refractivity contribution < 1.29 is 14.7 Å². The van der Waals surface area contributed by atoms with E-state index in [0.29, 0.717) is 5.75 Å². The maximum atomic E-state index is 11.5. The SMILES string of the molecule is CCSC1=C(C(=O)O)N2C(=O)C(N)[C@H]2SC1.Cl. The number of carbonyl (C=O) groups excluding carboxylic acids is 1. The number of carbonyl (C=O) groups is 2. The van der Waals surface area contributed by atoms with E-state index in [2.05, 4.69) is 0 Å². The number of β-lactam (4-membered cyclic amide) rings is 1. The van der Waals surface area contributed by atoms with Crippen molar-refractivity contribution >= 4 is 47.8 Å². The number of carboxylic acids is 1. The van der Waals surface area contributed by atoms with Crippen molar-refractivity contribution in [1.82, 2.24) is 4.90 Å². The maximum Gasteiger partial charge on any atom is 0.353 e. The molecular weight excluding hydrogens is 284 g/mol. The molecule has 8 heteroatoms. The molecule has 0 aromatic heterocycles. The second-order valence-corrected chi connectivity index (χ2v) is 5.91. The predicted molar refractivity (Wildman–Crippen MR) is 71.1 cm³/mol. The zero-order chi connectivity index (χ0) is 11.9. The van der Waals surface area contributed by atoms with Crippen LogP contribution in [0.25, 0.3) is 0 Å². The van der Waals surface area contributed by atoms with Crippen LogP contribution < -0.4 is 5.73 Å². The van der Waals surface area contributed by atoms with Crippen molar-refractivity contribution in [2.24, 2.45) is 5.73 Å². The number of carboxylic acid groups (broad SMARTS) is 1. The van der Waals surface area contributed by atoms with Crippen LogP contribution in [-0.4, -0.2) is 44.8 Å². The molecule has 1 saturated heterocycles. The minimum atomic E-state index is -1.04. The summed E-state index contributed by atoms with van der Waals surface area (Å²) in [5, 5.41) is 8.95. The first-order valence-electron chi connectivity index (χ1n) is 4.87. The molecule has 17 heavy (non-hydrogen) atoms. The Morgan fingerprint density at radius 1 is 1.71 bits per heavy atom. The minimum absolute atomic E-state index is 0. The van der Waals surface area contributed by atoms with Crippen molar-refractivity contribution in [2.45, 2.75) is 18.3 Å². The molecule has 0 radical (unpaired) electrons. The highest BCUT2D eigenvalue weighted by molar-refractivity contribution is 8.06. The number of amides is 1. The Morgan fingerprint density at radius 3 is 2.88 bits per heavy atom. The molecule has 0 bridgehead atoms. The van der Waals surface area contributed by atoms with Crippen LogP contribution in [0.2, 0.25) is 0 Å². The Bertz CT molecular complexity index is 388. The molecule has 1 amide bonds. The van der Waals surface area contributed by atoms with Crippen LogP contribution in [0.15, 0.2) is 10.6 Å². The van der Waals surface area contributed by atoms with Gasteiger partial charge in [0.15, 0.2) is 0 Å². The lowest BCUT2D eigenvalue weighted by Gasteiger charge is -2.47. The summed E-state index contributed by atoms with van der Waals surface area (Å²) < 4.78 is 0. The molecule has 0 saturated carbocycles. The van der Waals surface area contributed by atoms with E-state index in [4.69, 9.17) is 10.8 Å². The lowest BCUT2D eigenvalue weighted by Crippen LogP contribution is -2.68. The zero-order valence-electron chi connectivity index (χ0n) is 9.08. The Balaban J connectivity index is 0.00000144. The van der Waals surface area contributed by atoms with E-state index < -0.39 is 12.0 Å². The molecule has 0 aromatic rings. The van der Waals surface area contributed by atoms with Gasteiger partial charge in [-0.05, 0) is 5.75 Å². The van der Waals surface area contributed by atoms with Gasteiger partial charge in [0.2, 0.25) is 5.91 Å². The lowest BCUT2D eigenvalue weighted by atomic mass is 10.1. The summed E-state index contributed by atoms with van der Waals surface area (Å²) in [5.74, 6) is 0.0959. The number of nitrogens with two attached hydrogens (primary N) is 1. The average molecular weight is 297 g/mol. The fourth-order valence-corrected chi connectivity index (χ4v) is 4.12. The standard InChI is InChI=1S/C9H12N2O3S2.ClH/c1-2-15-4-3-16-8-5(10)7(12)11(8)6(4)9(13)14;/h5,8H,2-3,10H2,1H3,(H,13,14);1H/t5?,8-;/m1./s1. The number of aliphatic carboxylic acids is 1. The molecule has 2 rings (SSSR count). The second kappa shape index (κ2) is 5.51. The molecule has 2 aliphatic rings. The molecule has 5 nitrogen and oxygen atoms in total. The van der Waals surface area contributed by atoms with Crippen LogP contribution in [0.1, 0.15) is 6.92 Å². The van der Waals surface area contributed by atoms with Crippen molar-refractivity contribution in [1.29, 1.82) is 0 Å². The molecule has 3 N–H and O–H groups in total. The number of thioether (sulfide) groups is 2. The third-order valence-electron chi connectivity index (χ3n) is 2.50. The van der Waals surface area contributed by atoms with E-state index in [1.807, 2.05) is 6.92 Å². The van der Waals surface area contributed by atoms with Gasteiger partial charge in [-0.1, -0.05) is 6.92 Å². The highest BCUT2D eigenvalue weighted by atomic mass is 35.5. The summed E-state index contributed by atoms with van der Waals surface area (Å²) >= 11 is 3.01. The molecule has 0 aliphatic carbocycles. The van der Waals surface area contributed by atoms with E-state index in [9.17, 15) is 9.59 Å². The van der Waals surface area contributed by atoms with Gasteiger partial charge < -0.3 is 10.8 Å². The number of nitrogens with zero attached hydrogens (tertiary/aromatic N) is 1. The van der Waals surface area contributed by atoms with Gasteiger partial charge in [-0.2, -0.15) is 0 Å². The molecule has 1 unspecified atom stereocenters. The number of fused-ring (bicyclic) bond motifs is 1. The van der Waals surface area contributed by atoms with Crippen molar-refractivity contribution in [2.75, 3.05) is 11.5 Å². The van der Waals surface area contributed by atoms with E-state index in [0.717, 1.165) is 10.7 Å². The Morgan fingerprint density at radius 2 is 2.35 bits per heavy atom. The van der Waals surface area contributed by atoms with Crippen LogP contribution in [-0.2, 0) is 9.59 Å². The normalized spacial score (nSPS) is 27.2. The largest absolute Gasteiger partial charge is 0.477 e. The number of hydrogen-bond donors (Lipinski definition) is 2. The highest BCUT2D eigenvalue weighted by Gasteiger charge is 2.51. The number of halogens is 1. The van der Waals surface area contributed by atoms with Gasteiger partial charge in [-0.15, -0.1) is 35.9 Å². The quantitative estimate of drug-likeness (QED) is 0.746. The van der Waals surface area contributed by atoms with Gasteiger partial charge in [0, 0.05) is 10.7 Å². The highest BCUT2D eigenvalue weighted by Crippen LogP contribution is 2.42. The van der Waals surface area contributed by atoms with Gasteiger partial charge in [0.05, 0.1) is 0 Å². The summed E-state index contributed by atoms with van der Waals surface area (Å²) in [6, 6.07) is -0.549. The summed E-state index contributed by atoms with van der Waals surface area (Å²) in [5.41, 5.74) is 5.75. The van der Waals surface area contributed by atoms with Crippen molar-refractivity contribution in [3.63, 3.8) is 0 Å². The fraction of sp³-hybridized carbons (Fsp3) is 0.556. The van der Waals surface area contributed by atoms with Crippen LogP contribution in [0.4, 0.5) is 0 Å². The summed E-state index contributed by atoms with van der Waals surface area (Å²) in [7, 11) is 0. The first-order valence-corrected chi connectivity index (χ1v) is 6.90. The molecule has 2 atom stereocenters.